The van der Waals surface area contributed by atoms with Crippen LogP contribution in [0.4, 0.5) is 0 Å². The fourth-order valence-electron chi connectivity index (χ4n) is 2.24. The van der Waals surface area contributed by atoms with Gasteiger partial charge in [-0.2, -0.15) is 0 Å². The highest BCUT2D eigenvalue weighted by Gasteiger charge is 2.17. The fourth-order valence-corrected chi connectivity index (χ4v) is 2.24. The van der Waals surface area contributed by atoms with E-state index in [0.29, 0.717) is 0 Å². The lowest BCUT2D eigenvalue weighted by molar-refractivity contribution is 0.369. The molecule has 1 heteroatoms. The number of likely N-dealkylation sites (tertiary alicyclic amines) is 1. The molecular formula is C11H19N. The number of allylic oxidation sites excluding steroid dienone is 2. The second-order valence-corrected chi connectivity index (χ2v) is 4.27. The Balaban J connectivity index is 1.94. The van der Waals surface area contributed by atoms with Gasteiger partial charge in [-0.25, -0.2) is 0 Å². The summed E-state index contributed by atoms with van der Waals surface area (Å²) in [6, 6.07) is 0. The average Bonchev–Trinajstić information content (AvgIpc) is 2.58. The van der Waals surface area contributed by atoms with Crippen molar-refractivity contribution < 1.29 is 0 Å². The summed E-state index contributed by atoms with van der Waals surface area (Å²) in [7, 11) is 0. The van der Waals surface area contributed by atoms with Gasteiger partial charge in [0.25, 0.3) is 0 Å². The Bertz CT molecular complexity index is 177. The van der Waals surface area contributed by atoms with Crippen LogP contribution in [0.25, 0.3) is 0 Å². The van der Waals surface area contributed by atoms with Crippen LogP contribution in [-0.2, 0) is 0 Å². The molecule has 0 saturated carbocycles. The minimum atomic E-state index is 0.927. The van der Waals surface area contributed by atoms with Crippen molar-refractivity contribution in [2.24, 2.45) is 5.92 Å². The van der Waals surface area contributed by atoms with E-state index in [2.05, 4.69) is 17.9 Å². The van der Waals surface area contributed by atoms with Gasteiger partial charge in [0.2, 0.25) is 0 Å². The van der Waals surface area contributed by atoms with Gasteiger partial charge in [0.1, 0.15) is 0 Å². The maximum Gasteiger partial charge on any atom is 0.0175 e. The van der Waals surface area contributed by atoms with E-state index >= 15 is 0 Å². The van der Waals surface area contributed by atoms with Gasteiger partial charge in [-0.3, -0.25) is 0 Å². The van der Waals surface area contributed by atoms with Crippen LogP contribution >= 0.6 is 0 Å². The molecule has 0 spiro atoms. The Kier molecular flexibility index (Phi) is 2.38. The van der Waals surface area contributed by atoms with Crippen LogP contribution in [0.2, 0.25) is 0 Å². The predicted octanol–water partition coefficient (Wildman–Crippen LogP) is 2.79. The van der Waals surface area contributed by atoms with Crippen molar-refractivity contribution in [3.63, 3.8) is 0 Å². The molecule has 1 nitrogen and oxygen atoms in total. The highest BCUT2D eigenvalue weighted by Crippen LogP contribution is 2.27. The number of rotatable bonds is 1. The van der Waals surface area contributed by atoms with Crippen LogP contribution < -0.4 is 0 Å². The largest absolute Gasteiger partial charge is 0.375 e. The molecule has 0 bridgehead atoms. The van der Waals surface area contributed by atoms with Crippen molar-refractivity contribution in [1.29, 1.82) is 0 Å². The van der Waals surface area contributed by atoms with Gasteiger partial charge >= 0.3 is 0 Å². The monoisotopic (exact) mass is 165 g/mol. The summed E-state index contributed by atoms with van der Waals surface area (Å²) in [4.78, 5) is 2.59. The van der Waals surface area contributed by atoms with Crippen molar-refractivity contribution in [2.45, 2.75) is 39.0 Å². The van der Waals surface area contributed by atoms with Gasteiger partial charge < -0.3 is 4.90 Å². The lowest BCUT2D eigenvalue weighted by Gasteiger charge is -2.26. The lowest BCUT2D eigenvalue weighted by atomic mass is 9.94. The highest BCUT2D eigenvalue weighted by molar-refractivity contribution is 5.06. The molecule has 2 aliphatic rings. The zero-order valence-electron chi connectivity index (χ0n) is 8.05. The summed E-state index contributed by atoms with van der Waals surface area (Å²) in [5.74, 6) is 0.927. The molecular weight excluding hydrogens is 146 g/mol. The SMILES string of the molecule is C[C@@H]1CC=C(N2CCCC2)CC1. The zero-order chi connectivity index (χ0) is 8.39. The third-order valence-corrected chi connectivity index (χ3v) is 3.16. The van der Waals surface area contributed by atoms with E-state index in [1.54, 1.807) is 5.70 Å². The predicted molar refractivity (Wildman–Crippen MR) is 51.9 cm³/mol. The lowest BCUT2D eigenvalue weighted by Crippen LogP contribution is -2.21. The quantitative estimate of drug-likeness (QED) is 0.577. The van der Waals surface area contributed by atoms with E-state index < -0.39 is 0 Å². The molecule has 0 radical (unpaired) electrons. The molecule has 0 aromatic carbocycles. The molecule has 1 aliphatic heterocycles. The van der Waals surface area contributed by atoms with Crippen molar-refractivity contribution in [2.75, 3.05) is 13.1 Å². The number of hydrogen-bond donors (Lipinski definition) is 0. The molecule has 1 saturated heterocycles. The maximum absolute atomic E-state index is 2.59. The Morgan fingerprint density at radius 2 is 2.08 bits per heavy atom. The molecule has 1 atom stereocenters. The van der Waals surface area contributed by atoms with E-state index in [1.807, 2.05) is 0 Å². The van der Waals surface area contributed by atoms with Crippen LogP contribution in [0.3, 0.4) is 0 Å². The summed E-state index contributed by atoms with van der Waals surface area (Å²) < 4.78 is 0. The summed E-state index contributed by atoms with van der Waals surface area (Å²) >= 11 is 0. The molecule has 0 N–H and O–H groups in total. The van der Waals surface area contributed by atoms with Gasteiger partial charge in [-0.15, -0.1) is 0 Å². The molecule has 68 valence electrons. The van der Waals surface area contributed by atoms with Crippen molar-refractivity contribution in [1.82, 2.24) is 4.90 Å². The first-order valence-corrected chi connectivity index (χ1v) is 5.30. The van der Waals surface area contributed by atoms with E-state index in [4.69, 9.17) is 0 Å². The van der Waals surface area contributed by atoms with E-state index in [0.717, 1.165) is 5.92 Å². The molecule has 0 unspecified atom stereocenters. The van der Waals surface area contributed by atoms with Crippen LogP contribution in [0.15, 0.2) is 11.8 Å². The van der Waals surface area contributed by atoms with Gasteiger partial charge in [-0.05, 0) is 38.0 Å². The molecule has 2 rings (SSSR count). The van der Waals surface area contributed by atoms with E-state index in [1.165, 1.54) is 45.2 Å². The van der Waals surface area contributed by atoms with Crippen LogP contribution in [0.5, 0.6) is 0 Å². The standard InChI is InChI=1S/C11H19N/c1-10-4-6-11(7-5-10)12-8-2-3-9-12/h6,10H,2-5,7-9H2,1H3/t10-/m1/s1. The molecule has 0 aromatic heterocycles. The smallest absolute Gasteiger partial charge is 0.0175 e. The Labute approximate surface area is 75.4 Å². The molecule has 1 aliphatic carbocycles. The molecule has 0 aromatic rings. The van der Waals surface area contributed by atoms with Crippen LogP contribution in [-0.4, -0.2) is 18.0 Å². The minimum Gasteiger partial charge on any atom is -0.375 e. The van der Waals surface area contributed by atoms with Crippen LogP contribution in [0.1, 0.15) is 39.0 Å². The normalized spacial score (nSPS) is 30.6. The fraction of sp³-hybridized carbons (Fsp3) is 0.818. The Morgan fingerprint density at radius 3 is 2.67 bits per heavy atom. The topological polar surface area (TPSA) is 3.24 Å². The second kappa shape index (κ2) is 3.51. The molecule has 1 fully saturated rings. The molecule has 1 heterocycles. The summed E-state index contributed by atoms with van der Waals surface area (Å²) in [6.07, 6.45) is 9.34. The zero-order valence-corrected chi connectivity index (χ0v) is 8.05. The number of hydrogen-bond acceptors (Lipinski definition) is 1. The van der Waals surface area contributed by atoms with Gasteiger partial charge in [0.15, 0.2) is 0 Å². The maximum atomic E-state index is 2.59. The van der Waals surface area contributed by atoms with Crippen LogP contribution in [0, 0.1) is 5.92 Å². The minimum absolute atomic E-state index is 0.927. The van der Waals surface area contributed by atoms with Gasteiger partial charge in [0.05, 0.1) is 0 Å². The Morgan fingerprint density at radius 1 is 1.33 bits per heavy atom. The van der Waals surface area contributed by atoms with Crippen molar-refractivity contribution in [3.05, 3.63) is 11.8 Å². The average molecular weight is 165 g/mol. The molecule has 0 amide bonds. The first-order chi connectivity index (χ1) is 5.86. The first-order valence-electron chi connectivity index (χ1n) is 5.30. The van der Waals surface area contributed by atoms with Crippen molar-refractivity contribution in [3.8, 4) is 0 Å². The van der Waals surface area contributed by atoms with E-state index in [-0.39, 0.29) is 0 Å². The summed E-state index contributed by atoms with van der Waals surface area (Å²) in [6.45, 7) is 5.00. The highest BCUT2D eigenvalue weighted by atomic mass is 15.1. The van der Waals surface area contributed by atoms with Crippen molar-refractivity contribution >= 4 is 0 Å². The summed E-state index contributed by atoms with van der Waals surface area (Å²) in [5, 5.41) is 0. The summed E-state index contributed by atoms with van der Waals surface area (Å²) in [5.41, 5.74) is 1.64. The third-order valence-electron chi connectivity index (χ3n) is 3.16. The second-order valence-electron chi connectivity index (χ2n) is 4.27. The third kappa shape index (κ3) is 1.65. The first kappa shape index (κ1) is 8.15. The number of nitrogens with zero attached hydrogens (tertiary/aromatic N) is 1. The Hall–Kier alpha value is -0.460. The van der Waals surface area contributed by atoms with Gasteiger partial charge in [0, 0.05) is 18.8 Å². The van der Waals surface area contributed by atoms with Gasteiger partial charge in [-0.1, -0.05) is 13.0 Å². The molecule has 12 heavy (non-hydrogen) atoms. The van der Waals surface area contributed by atoms with E-state index in [9.17, 15) is 0 Å².